The molecule has 7 heteroatoms. The smallest absolute Gasteiger partial charge is 0.422 e. The Kier molecular flexibility index (Phi) is 3.70. The van der Waals surface area contributed by atoms with Crippen LogP contribution in [0.2, 0.25) is 0 Å². The van der Waals surface area contributed by atoms with Crippen LogP contribution in [0.5, 0.6) is 5.88 Å². The Balaban J connectivity index is 2.71. The fourth-order valence-electron chi connectivity index (χ4n) is 0.889. The molecule has 0 aliphatic rings. The molecule has 0 spiro atoms. The van der Waals surface area contributed by atoms with Crippen molar-refractivity contribution in [3.8, 4) is 5.88 Å². The Morgan fingerprint density at radius 1 is 1.50 bits per heavy atom. The average Bonchev–Trinajstić information content (AvgIpc) is 2.25. The zero-order chi connectivity index (χ0) is 12.2. The van der Waals surface area contributed by atoms with E-state index in [4.69, 9.17) is 0 Å². The number of methoxy groups -OCH3 is 1. The largest absolute Gasteiger partial charge is 0.468 e. The minimum absolute atomic E-state index is 0.0784. The second-order valence-electron chi connectivity index (χ2n) is 2.78. The Bertz CT molecular complexity index is 379. The van der Waals surface area contributed by atoms with Gasteiger partial charge < -0.3 is 9.47 Å². The van der Waals surface area contributed by atoms with Crippen molar-refractivity contribution >= 4 is 5.97 Å². The first-order valence-corrected chi connectivity index (χ1v) is 4.16. The van der Waals surface area contributed by atoms with Crippen molar-refractivity contribution in [2.75, 3.05) is 13.7 Å². The predicted octanol–water partition coefficient (Wildman–Crippen LogP) is 1.81. The third kappa shape index (κ3) is 3.76. The summed E-state index contributed by atoms with van der Waals surface area (Å²) in [6, 6.07) is 2.39. The van der Waals surface area contributed by atoms with Gasteiger partial charge in [-0.3, -0.25) is 0 Å². The number of esters is 1. The molecule has 1 rings (SSSR count). The fourth-order valence-corrected chi connectivity index (χ4v) is 0.889. The van der Waals surface area contributed by atoms with Gasteiger partial charge in [0.1, 0.15) is 0 Å². The van der Waals surface area contributed by atoms with Crippen LogP contribution < -0.4 is 4.74 Å². The molecular formula is C9H8F3NO3. The maximum atomic E-state index is 11.8. The van der Waals surface area contributed by atoms with Gasteiger partial charge in [-0.2, -0.15) is 13.2 Å². The molecule has 0 saturated heterocycles. The van der Waals surface area contributed by atoms with E-state index in [2.05, 4.69) is 14.5 Å². The first kappa shape index (κ1) is 12.3. The van der Waals surface area contributed by atoms with Crippen molar-refractivity contribution in [3.05, 3.63) is 23.9 Å². The van der Waals surface area contributed by atoms with Crippen LogP contribution in [0.1, 0.15) is 10.4 Å². The molecule has 0 saturated carbocycles. The van der Waals surface area contributed by atoms with Gasteiger partial charge in [0.2, 0.25) is 5.88 Å². The van der Waals surface area contributed by atoms with Crippen molar-refractivity contribution in [1.82, 2.24) is 4.98 Å². The lowest BCUT2D eigenvalue weighted by Gasteiger charge is -2.08. The summed E-state index contributed by atoms with van der Waals surface area (Å²) in [6.07, 6.45) is -3.28. The Morgan fingerprint density at radius 2 is 2.19 bits per heavy atom. The van der Waals surface area contributed by atoms with Crippen molar-refractivity contribution < 1.29 is 27.4 Å². The van der Waals surface area contributed by atoms with Crippen molar-refractivity contribution in [1.29, 1.82) is 0 Å². The molecule has 4 nitrogen and oxygen atoms in total. The van der Waals surface area contributed by atoms with Crippen LogP contribution in [0.4, 0.5) is 13.2 Å². The maximum Gasteiger partial charge on any atom is 0.422 e. The van der Waals surface area contributed by atoms with Gasteiger partial charge in [0, 0.05) is 12.3 Å². The lowest BCUT2D eigenvalue weighted by Crippen LogP contribution is -2.19. The van der Waals surface area contributed by atoms with E-state index < -0.39 is 18.8 Å². The molecule has 0 bridgehead atoms. The summed E-state index contributed by atoms with van der Waals surface area (Å²) in [7, 11) is 1.17. The monoisotopic (exact) mass is 235 g/mol. The SMILES string of the molecule is COC(=O)c1ccnc(OCC(F)(F)F)c1. The van der Waals surface area contributed by atoms with Gasteiger partial charge in [0.05, 0.1) is 12.7 Å². The van der Waals surface area contributed by atoms with Gasteiger partial charge in [-0.1, -0.05) is 0 Å². The molecule has 0 amide bonds. The van der Waals surface area contributed by atoms with Crippen LogP contribution in [0, 0.1) is 0 Å². The van der Waals surface area contributed by atoms with Gasteiger partial charge >= 0.3 is 12.1 Å². The lowest BCUT2D eigenvalue weighted by atomic mass is 10.3. The van der Waals surface area contributed by atoms with Crippen LogP contribution >= 0.6 is 0 Å². The summed E-state index contributed by atoms with van der Waals surface area (Å²) in [5.41, 5.74) is 0.0784. The number of carbonyl (C=O) groups is 1. The van der Waals surface area contributed by atoms with Crippen LogP contribution in [0.25, 0.3) is 0 Å². The Morgan fingerprint density at radius 3 is 2.75 bits per heavy atom. The number of ether oxygens (including phenoxy) is 2. The highest BCUT2D eigenvalue weighted by Gasteiger charge is 2.28. The van der Waals surface area contributed by atoms with Crippen molar-refractivity contribution in [2.24, 2.45) is 0 Å². The number of carbonyl (C=O) groups excluding carboxylic acids is 1. The van der Waals surface area contributed by atoms with E-state index in [0.29, 0.717) is 0 Å². The molecule has 0 radical (unpaired) electrons. The molecule has 0 unspecified atom stereocenters. The average molecular weight is 235 g/mol. The standard InChI is InChI=1S/C9H8F3NO3/c1-15-8(14)6-2-3-13-7(4-6)16-5-9(10,11)12/h2-4H,5H2,1H3. The zero-order valence-electron chi connectivity index (χ0n) is 8.25. The van der Waals surface area contributed by atoms with Crippen molar-refractivity contribution in [2.45, 2.75) is 6.18 Å². The van der Waals surface area contributed by atoms with E-state index >= 15 is 0 Å². The van der Waals surface area contributed by atoms with E-state index in [1.165, 1.54) is 13.2 Å². The van der Waals surface area contributed by atoms with Crippen molar-refractivity contribution in [3.63, 3.8) is 0 Å². The van der Waals surface area contributed by atoms with E-state index in [0.717, 1.165) is 12.3 Å². The second-order valence-corrected chi connectivity index (χ2v) is 2.78. The van der Waals surface area contributed by atoms with E-state index in [1.807, 2.05) is 0 Å². The molecule has 1 aromatic heterocycles. The second kappa shape index (κ2) is 4.82. The number of pyridine rings is 1. The highest BCUT2D eigenvalue weighted by molar-refractivity contribution is 5.89. The minimum Gasteiger partial charge on any atom is -0.468 e. The predicted molar refractivity (Wildman–Crippen MR) is 47.1 cm³/mol. The lowest BCUT2D eigenvalue weighted by molar-refractivity contribution is -0.154. The molecule has 16 heavy (non-hydrogen) atoms. The van der Waals surface area contributed by atoms with Gasteiger partial charge in [-0.25, -0.2) is 9.78 Å². The Labute approximate surface area is 89.0 Å². The Hall–Kier alpha value is -1.79. The molecular weight excluding hydrogens is 227 g/mol. The molecule has 1 aromatic rings. The van der Waals surface area contributed by atoms with Crippen LogP contribution in [0.15, 0.2) is 18.3 Å². The highest BCUT2D eigenvalue weighted by atomic mass is 19.4. The first-order chi connectivity index (χ1) is 7.42. The highest BCUT2D eigenvalue weighted by Crippen LogP contribution is 2.17. The third-order valence-corrected chi connectivity index (χ3v) is 1.54. The summed E-state index contributed by atoms with van der Waals surface area (Å²) in [5, 5.41) is 0. The van der Waals surface area contributed by atoms with Gasteiger partial charge in [0.15, 0.2) is 6.61 Å². The van der Waals surface area contributed by atoms with E-state index in [-0.39, 0.29) is 11.4 Å². The summed E-state index contributed by atoms with van der Waals surface area (Å²) in [4.78, 5) is 14.6. The topological polar surface area (TPSA) is 48.4 Å². The number of rotatable bonds is 3. The summed E-state index contributed by atoms with van der Waals surface area (Å²) < 4.78 is 44.2. The summed E-state index contributed by atoms with van der Waals surface area (Å²) in [6.45, 7) is -1.45. The summed E-state index contributed by atoms with van der Waals surface area (Å²) >= 11 is 0. The molecule has 0 aliphatic carbocycles. The fraction of sp³-hybridized carbons (Fsp3) is 0.333. The maximum absolute atomic E-state index is 11.8. The quantitative estimate of drug-likeness (QED) is 0.749. The molecule has 1 heterocycles. The number of nitrogens with zero attached hydrogens (tertiary/aromatic N) is 1. The number of hydrogen-bond acceptors (Lipinski definition) is 4. The third-order valence-electron chi connectivity index (χ3n) is 1.54. The normalized spacial score (nSPS) is 11.0. The van der Waals surface area contributed by atoms with Crippen LogP contribution in [-0.2, 0) is 4.74 Å². The first-order valence-electron chi connectivity index (χ1n) is 4.16. The van der Waals surface area contributed by atoms with E-state index in [9.17, 15) is 18.0 Å². The number of halogens is 3. The van der Waals surface area contributed by atoms with Gasteiger partial charge in [-0.05, 0) is 6.07 Å². The number of aromatic nitrogens is 1. The molecule has 0 aliphatic heterocycles. The zero-order valence-corrected chi connectivity index (χ0v) is 8.25. The number of hydrogen-bond donors (Lipinski definition) is 0. The molecule has 88 valence electrons. The molecule has 0 fully saturated rings. The molecule has 0 N–H and O–H groups in total. The van der Waals surface area contributed by atoms with Crippen LogP contribution in [0.3, 0.4) is 0 Å². The molecule has 0 aromatic carbocycles. The van der Waals surface area contributed by atoms with E-state index in [1.54, 1.807) is 0 Å². The van der Waals surface area contributed by atoms with Gasteiger partial charge in [0.25, 0.3) is 0 Å². The minimum atomic E-state index is -4.44. The number of alkyl halides is 3. The van der Waals surface area contributed by atoms with Crippen LogP contribution in [-0.4, -0.2) is 30.8 Å². The molecule has 0 atom stereocenters. The summed E-state index contributed by atoms with van der Waals surface area (Å²) in [5.74, 6) is -0.945. The van der Waals surface area contributed by atoms with Gasteiger partial charge in [-0.15, -0.1) is 0 Å².